The van der Waals surface area contributed by atoms with E-state index in [1.807, 2.05) is 66.7 Å². The van der Waals surface area contributed by atoms with Gasteiger partial charge in [0.15, 0.2) is 0 Å². The normalized spacial score (nSPS) is 12.7. The molecule has 2 amide bonds. The average molecular weight is 545 g/mol. The molecule has 4 aromatic rings. The van der Waals surface area contributed by atoms with E-state index in [9.17, 15) is 14.4 Å². The monoisotopic (exact) mass is 544 g/mol. The number of fused-ring (bicyclic) bond motifs is 2. The Morgan fingerprint density at radius 1 is 0.763 bits per heavy atom. The molecule has 0 fully saturated rings. The zero-order valence-electron chi connectivity index (χ0n) is 20.7. The van der Waals surface area contributed by atoms with Gasteiger partial charge in [0.05, 0.1) is 16.5 Å². The number of aryl methyl sites for hydroxylation is 1. The zero-order valence-corrected chi connectivity index (χ0v) is 22.2. The van der Waals surface area contributed by atoms with Crippen LogP contribution in [-0.4, -0.2) is 29.0 Å². The van der Waals surface area contributed by atoms with Crippen LogP contribution in [0.2, 0.25) is 10.0 Å². The summed E-state index contributed by atoms with van der Waals surface area (Å²) in [5.41, 5.74) is 3.47. The van der Waals surface area contributed by atoms with E-state index < -0.39 is 24.0 Å². The minimum absolute atomic E-state index is 0.219. The van der Waals surface area contributed by atoms with Crippen molar-refractivity contribution in [3.05, 3.63) is 112 Å². The molecule has 0 saturated carbocycles. The molecular weight excluding hydrogens is 519 g/mol. The summed E-state index contributed by atoms with van der Waals surface area (Å²) >= 11 is 12.3. The highest BCUT2D eigenvalue weighted by molar-refractivity contribution is 6.44. The van der Waals surface area contributed by atoms with Gasteiger partial charge in [-0.15, -0.1) is 0 Å². The van der Waals surface area contributed by atoms with Crippen LogP contribution in [0.25, 0.3) is 10.8 Å². The maximum Gasteiger partial charge on any atom is 0.294 e. The number of benzene rings is 4. The predicted molar refractivity (Wildman–Crippen MR) is 151 cm³/mol. The first-order valence-electron chi connectivity index (χ1n) is 12.5. The average Bonchev–Trinajstić information content (AvgIpc) is 2.93. The molecule has 4 aromatic carbocycles. The van der Waals surface area contributed by atoms with Crippen LogP contribution >= 0.6 is 23.2 Å². The van der Waals surface area contributed by atoms with Crippen LogP contribution in [-0.2, 0) is 33.9 Å². The molecule has 0 saturated heterocycles. The van der Waals surface area contributed by atoms with Gasteiger partial charge < -0.3 is 9.80 Å². The number of hydrogen-bond donors (Lipinski definition) is 0. The Bertz CT molecular complexity index is 1530. The van der Waals surface area contributed by atoms with E-state index in [0.717, 1.165) is 46.0 Å². The van der Waals surface area contributed by atoms with E-state index in [1.165, 1.54) is 4.90 Å². The van der Waals surface area contributed by atoms with Crippen LogP contribution in [0.4, 0.5) is 5.69 Å². The summed E-state index contributed by atoms with van der Waals surface area (Å²) in [5.74, 6) is -1.79. The van der Waals surface area contributed by atoms with Crippen LogP contribution in [0.1, 0.15) is 29.5 Å². The van der Waals surface area contributed by atoms with Gasteiger partial charge in [-0.2, -0.15) is 0 Å². The molecule has 1 aliphatic rings. The fourth-order valence-corrected chi connectivity index (χ4v) is 5.19. The molecule has 0 aliphatic carbocycles. The Hall–Kier alpha value is -3.67. The summed E-state index contributed by atoms with van der Waals surface area (Å²) in [5, 5.41) is 2.96. The number of Topliss-reactive ketones (excluding diaryl/α,β-unsaturated/α-hetero) is 1. The number of para-hydroxylation sites is 1. The molecule has 5 rings (SSSR count). The number of halogens is 2. The van der Waals surface area contributed by atoms with Crippen molar-refractivity contribution in [1.82, 2.24) is 4.90 Å². The molecule has 1 heterocycles. The number of amides is 2. The first kappa shape index (κ1) is 26.0. The lowest BCUT2D eigenvalue weighted by Crippen LogP contribution is -2.42. The second-order valence-electron chi connectivity index (χ2n) is 9.47. The summed E-state index contributed by atoms with van der Waals surface area (Å²) in [4.78, 5) is 42.8. The van der Waals surface area contributed by atoms with E-state index in [-0.39, 0.29) is 13.1 Å². The highest BCUT2D eigenvalue weighted by atomic mass is 35.5. The molecule has 0 aromatic heterocycles. The highest BCUT2D eigenvalue weighted by Gasteiger charge is 2.30. The van der Waals surface area contributed by atoms with Crippen molar-refractivity contribution in [2.45, 2.75) is 32.4 Å². The highest BCUT2D eigenvalue weighted by Crippen LogP contribution is 2.28. The van der Waals surface area contributed by atoms with Crippen molar-refractivity contribution < 1.29 is 14.4 Å². The lowest BCUT2D eigenvalue weighted by atomic mass is 10.0. The van der Waals surface area contributed by atoms with E-state index in [0.29, 0.717) is 16.6 Å². The van der Waals surface area contributed by atoms with Gasteiger partial charge in [0, 0.05) is 25.3 Å². The molecule has 0 unspecified atom stereocenters. The lowest BCUT2D eigenvalue weighted by Gasteiger charge is -2.29. The molecule has 0 radical (unpaired) electrons. The molecule has 1 aliphatic heterocycles. The number of nitrogens with zero attached hydrogens (tertiary/aromatic N) is 2. The van der Waals surface area contributed by atoms with Gasteiger partial charge in [-0.05, 0) is 64.6 Å². The third-order valence-corrected chi connectivity index (χ3v) is 7.54. The first-order chi connectivity index (χ1) is 18.4. The second-order valence-corrected chi connectivity index (χ2v) is 10.3. The summed E-state index contributed by atoms with van der Waals surface area (Å²) < 4.78 is 0. The van der Waals surface area contributed by atoms with E-state index in [1.54, 1.807) is 23.1 Å². The largest absolute Gasteiger partial charge is 0.334 e. The Morgan fingerprint density at radius 3 is 2.24 bits per heavy atom. The predicted octanol–water partition coefficient (Wildman–Crippen LogP) is 6.61. The number of ketones is 1. The third kappa shape index (κ3) is 5.74. The van der Waals surface area contributed by atoms with Gasteiger partial charge in [-0.1, -0.05) is 83.9 Å². The SMILES string of the molecule is O=C(CC(=O)N(Cc1ccc(Cl)c(Cl)c1)Cc1ccc2ccccc2c1)C(=O)N1CCCc2ccccc21. The quantitative estimate of drug-likeness (QED) is 0.194. The van der Waals surface area contributed by atoms with Crippen molar-refractivity contribution in [2.75, 3.05) is 11.4 Å². The Labute approximate surface area is 231 Å². The molecule has 0 spiro atoms. The van der Waals surface area contributed by atoms with Gasteiger partial charge in [-0.25, -0.2) is 0 Å². The zero-order chi connectivity index (χ0) is 26.6. The van der Waals surface area contributed by atoms with Gasteiger partial charge in [0.2, 0.25) is 11.7 Å². The minimum atomic E-state index is -0.718. The third-order valence-electron chi connectivity index (χ3n) is 6.80. The van der Waals surface area contributed by atoms with E-state index >= 15 is 0 Å². The summed E-state index contributed by atoms with van der Waals surface area (Å²) in [7, 11) is 0. The van der Waals surface area contributed by atoms with E-state index in [2.05, 4.69) is 0 Å². The summed E-state index contributed by atoms with van der Waals surface area (Å²) in [6.45, 7) is 0.953. The number of carbonyl (C=O) groups excluding carboxylic acids is 3. The molecule has 7 heteroatoms. The molecule has 0 atom stereocenters. The molecule has 192 valence electrons. The van der Waals surface area contributed by atoms with Gasteiger partial charge in [-0.3, -0.25) is 14.4 Å². The van der Waals surface area contributed by atoms with Crippen LogP contribution < -0.4 is 4.90 Å². The van der Waals surface area contributed by atoms with Crippen molar-refractivity contribution in [2.24, 2.45) is 0 Å². The van der Waals surface area contributed by atoms with E-state index in [4.69, 9.17) is 23.2 Å². The standard InChI is InChI=1S/C31H26Cl2N2O3/c32-26-14-12-22(17-27(26)33)20-34(19-21-11-13-23-6-1-2-8-25(23)16-21)30(37)18-29(36)31(38)35-15-5-9-24-7-3-4-10-28(24)35/h1-4,6-8,10-14,16-17H,5,9,15,18-20H2. The topological polar surface area (TPSA) is 57.7 Å². The van der Waals surface area contributed by atoms with Crippen molar-refractivity contribution in [3.63, 3.8) is 0 Å². The first-order valence-corrected chi connectivity index (χ1v) is 13.3. The van der Waals surface area contributed by atoms with Crippen molar-refractivity contribution >= 4 is 57.3 Å². The Morgan fingerprint density at radius 2 is 1.45 bits per heavy atom. The maximum atomic E-state index is 13.5. The fourth-order valence-electron chi connectivity index (χ4n) is 4.87. The summed E-state index contributed by atoms with van der Waals surface area (Å²) in [6.07, 6.45) is 1.12. The van der Waals surface area contributed by atoms with Crippen LogP contribution in [0.3, 0.4) is 0 Å². The van der Waals surface area contributed by atoms with Gasteiger partial charge in [0.1, 0.15) is 0 Å². The maximum absolute atomic E-state index is 13.5. The van der Waals surface area contributed by atoms with Crippen molar-refractivity contribution in [3.8, 4) is 0 Å². The van der Waals surface area contributed by atoms with Crippen LogP contribution in [0, 0.1) is 0 Å². The molecular formula is C31H26Cl2N2O3. The smallest absolute Gasteiger partial charge is 0.294 e. The van der Waals surface area contributed by atoms with Gasteiger partial charge >= 0.3 is 0 Å². The molecule has 5 nitrogen and oxygen atoms in total. The second kappa shape index (κ2) is 11.4. The number of carbonyl (C=O) groups is 3. The lowest BCUT2D eigenvalue weighted by molar-refractivity contribution is -0.142. The molecule has 0 bridgehead atoms. The minimum Gasteiger partial charge on any atom is -0.334 e. The van der Waals surface area contributed by atoms with Gasteiger partial charge in [0.25, 0.3) is 5.91 Å². The van der Waals surface area contributed by atoms with Crippen LogP contribution in [0.5, 0.6) is 0 Å². The van der Waals surface area contributed by atoms with Crippen LogP contribution in [0.15, 0.2) is 84.9 Å². The number of anilines is 1. The Kier molecular flexibility index (Phi) is 7.77. The molecule has 38 heavy (non-hydrogen) atoms. The number of rotatable bonds is 7. The Balaban J connectivity index is 1.37. The molecule has 0 N–H and O–H groups in total. The summed E-state index contributed by atoms with van der Waals surface area (Å²) in [6, 6.07) is 26.8. The fraction of sp³-hybridized carbons (Fsp3) is 0.194. The number of hydrogen-bond acceptors (Lipinski definition) is 3. The van der Waals surface area contributed by atoms with Crippen molar-refractivity contribution in [1.29, 1.82) is 0 Å².